The minimum absolute atomic E-state index is 0.118. The summed E-state index contributed by atoms with van der Waals surface area (Å²) in [5.74, 6) is 1.81. The molecule has 1 fully saturated rings. The second kappa shape index (κ2) is 8.64. The largest absolute Gasteiger partial charge is 0.504 e. The number of phenols is 1. The predicted octanol–water partition coefficient (Wildman–Crippen LogP) is 3.98. The number of allylic oxidation sites excluding steroid dienone is 2. The maximum Gasteiger partial charge on any atom is 0.229 e. The first kappa shape index (κ1) is 23.6. The van der Waals surface area contributed by atoms with Gasteiger partial charge in [-0.25, -0.2) is 0 Å². The molecule has 4 rings (SSSR count). The van der Waals surface area contributed by atoms with Crippen LogP contribution in [0.5, 0.6) is 11.5 Å². The maximum atomic E-state index is 11.4. The summed E-state index contributed by atoms with van der Waals surface area (Å²) in [6, 6.07) is 0. The fourth-order valence-electron chi connectivity index (χ4n) is 6.17. The molecule has 0 spiro atoms. The van der Waals surface area contributed by atoms with Gasteiger partial charge in [0.15, 0.2) is 11.5 Å². The smallest absolute Gasteiger partial charge is 0.229 e. The van der Waals surface area contributed by atoms with Gasteiger partial charge in [-0.2, -0.15) is 0 Å². The summed E-state index contributed by atoms with van der Waals surface area (Å²) in [5.41, 5.74) is 5.57. The van der Waals surface area contributed by atoms with Crippen LogP contribution in [0.3, 0.4) is 0 Å². The third kappa shape index (κ3) is 3.75. The molecule has 0 radical (unpaired) electrons. The molecule has 32 heavy (non-hydrogen) atoms. The number of aliphatic hydroxyl groups excluding tert-OH is 3. The number of hydrogen-bond donors (Lipinski definition) is 4. The Bertz CT molecular complexity index is 904. The topological polar surface area (TPSA) is 99.4 Å². The first-order valence-corrected chi connectivity index (χ1v) is 11.9. The van der Waals surface area contributed by atoms with Crippen molar-refractivity contribution in [1.82, 2.24) is 0 Å². The molecular formula is C26H38O6. The normalized spacial score (nSPS) is 38.7. The van der Waals surface area contributed by atoms with Gasteiger partial charge in [0, 0.05) is 11.5 Å². The van der Waals surface area contributed by atoms with Crippen LogP contribution in [0.4, 0.5) is 0 Å². The van der Waals surface area contributed by atoms with Crippen LogP contribution in [-0.2, 0) is 4.74 Å². The monoisotopic (exact) mass is 446 g/mol. The van der Waals surface area contributed by atoms with Crippen LogP contribution in [0, 0.1) is 12.8 Å². The minimum Gasteiger partial charge on any atom is -0.504 e. The molecule has 6 heteroatoms. The van der Waals surface area contributed by atoms with Crippen LogP contribution in [0.2, 0.25) is 0 Å². The zero-order valence-corrected chi connectivity index (χ0v) is 20.0. The molecule has 1 heterocycles. The fourth-order valence-corrected chi connectivity index (χ4v) is 6.17. The zero-order chi connectivity index (χ0) is 23.5. The number of ether oxygens (including phenoxy) is 2. The quantitative estimate of drug-likeness (QED) is 0.524. The molecule has 9 unspecified atom stereocenters. The number of aromatic hydroxyl groups is 1. The molecule has 3 aliphatic rings. The van der Waals surface area contributed by atoms with E-state index in [1.54, 1.807) is 6.92 Å². The van der Waals surface area contributed by atoms with E-state index in [2.05, 4.69) is 33.8 Å². The van der Waals surface area contributed by atoms with E-state index in [4.69, 9.17) is 9.47 Å². The third-order valence-electron chi connectivity index (χ3n) is 7.83. The van der Waals surface area contributed by atoms with E-state index >= 15 is 0 Å². The lowest BCUT2D eigenvalue weighted by molar-refractivity contribution is -0.268. The lowest BCUT2D eigenvalue weighted by atomic mass is 9.62. The molecule has 2 aliphatic carbocycles. The Balaban J connectivity index is 1.85. The summed E-state index contributed by atoms with van der Waals surface area (Å²) in [6.07, 6.45) is -0.415. The van der Waals surface area contributed by atoms with Gasteiger partial charge in [-0.05, 0) is 81.4 Å². The molecule has 1 saturated heterocycles. The Morgan fingerprint density at radius 3 is 2.31 bits per heavy atom. The zero-order valence-electron chi connectivity index (χ0n) is 20.0. The highest BCUT2D eigenvalue weighted by molar-refractivity contribution is 5.64. The fraction of sp³-hybridized carbons (Fsp3) is 0.692. The van der Waals surface area contributed by atoms with Crippen LogP contribution >= 0.6 is 0 Å². The van der Waals surface area contributed by atoms with Gasteiger partial charge >= 0.3 is 0 Å². The van der Waals surface area contributed by atoms with Gasteiger partial charge in [0.2, 0.25) is 6.29 Å². The van der Waals surface area contributed by atoms with Crippen molar-refractivity contribution in [1.29, 1.82) is 0 Å². The first-order valence-electron chi connectivity index (χ1n) is 11.9. The van der Waals surface area contributed by atoms with Gasteiger partial charge in [-0.3, -0.25) is 0 Å². The molecule has 0 bridgehead atoms. The van der Waals surface area contributed by atoms with Crippen LogP contribution in [0.1, 0.15) is 93.9 Å². The Morgan fingerprint density at radius 2 is 1.66 bits per heavy atom. The van der Waals surface area contributed by atoms with Crippen molar-refractivity contribution >= 4 is 0 Å². The number of aliphatic hydroxyl groups is 3. The van der Waals surface area contributed by atoms with Crippen molar-refractivity contribution in [3.8, 4) is 11.5 Å². The molecule has 1 aromatic rings. The van der Waals surface area contributed by atoms with E-state index in [0.29, 0.717) is 17.6 Å². The molecule has 0 amide bonds. The SMILES string of the molecule is CC(C)=CC1CC(C)C2CCC(C)c3c(O)c(OC4OC(C)C(O)C(O)C4O)c(C)c1c32. The summed E-state index contributed by atoms with van der Waals surface area (Å²) >= 11 is 0. The van der Waals surface area contributed by atoms with Crippen molar-refractivity contribution < 1.29 is 29.9 Å². The van der Waals surface area contributed by atoms with Crippen molar-refractivity contribution in [2.75, 3.05) is 0 Å². The van der Waals surface area contributed by atoms with Crippen molar-refractivity contribution in [3.05, 3.63) is 33.9 Å². The van der Waals surface area contributed by atoms with Gasteiger partial charge in [0.1, 0.15) is 18.3 Å². The van der Waals surface area contributed by atoms with E-state index in [-0.39, 0.29) is 17.6 Å². The molecule has 0 saturated carbocycles. The Morgan fingerprint density at radius 1 is 0.969 bits per heavy atom. The molecular weight excluding hydrogens is 408 g/mol. The predicted molar refractivity (Wildman–Crippen MR) is 122 cm³/mol. The molecule has 9 atom stereocenters. The standard InChI is InChI=1S/C26H38O6/c1-11(2)9-16-10-13(4)17-8-7-12(3)18-20(17)19(16)14(5)25(22(18)28)32-26-24(30)23(29)21(27)15(6)31-26/h9,12-13,15-17,21,23-24,26-30H,7-8,10H2,1-6H3. The van der Waals surface area contributed by atoms with E-state index in [1.807, 2.05) is 6.92 Å². The number of rotatable bonds is 3. The van der Waals surface area contributed by atoms with E-state index < -0.39 is 30.7 Å². The van der Waals surface area contributed by atoms with Crippen molar-refractivity contribution in [2.45, 2.75) is 109 Å². The molecule has 6 nitrogen and oxygen atoms in total. The van der Waals surface area contributed by atoms with Gasteiger partial charge in [-0.15, -0.1) is 0 Å². The Hall–Kier alpha value is -1.60. The van der Waals surface area contributed by atoms with Gasteiger partial charge in [0.05, 0.1) is 6.10 Å². The van der Waals surface area contributed by atoms with Crippen molar-refractivity contribution in [2.24, 2.45) is 5.92 Å². The highest BCUT2D eigenvalue weighted by Crippen LogP contribution is 2.58. The number of benzene rings is 1. The molecule has 4 N–H and O–H groups in total. The summed E-state index contributed by atoms with van der Waals surface area (Å²) in [7, 11) is 0. The average Bonchev–Trinajstić information content (AvgIpc) is 2.72. The second-order valence-electron chi connectivity index (χ2n) is 10.5. The van der Waals surface area contributed by atoms with E-state index in [9.17, 15) is 20.4 Å². The lowest BCUT2D eigenvalue weighted by Crippen LogP contribution is -2.58. The Labute approximate surface area is 190 Å². The second-order valence-corrected chi connectivity index (χ2v) is 10.5. The maximum absolute atomic E-state index is 11.4. The molecule has 1 aromatic carbocycles. The van der Waals surface area contributed by atoms with Gasteiger partial charge < -0.3 is 29.9 Å². The summed E-state index contributed by atoms with van der Waals surface area (Å²) < 4.78 is 11.8. The summed E-state index contributed by atoms with van der Waals surface area (Å²) in [5, 5.41) is 42.1. The molecule has 0 aromatic heterocycles. The van der Waals surface area contributed by atoms with Crippen LogP contribution in [0.25, 0.3) is 0 Å². The van der Waals surface area contributed by atoms with Crippen LogP contribution in [0.15, 0.2) is 11.6 Å². The van der Waals surface area contributed by atoms with Crippen molar-refractivity contribution in [3.63, 3.8) is 0 Å². The first-order chi connectivity index (χ1) is 15.0. The Kier molecular flexibility index (Phi) is 6.36. The van der Waals surface area contributed by atoms with Gasteiger partial charge in [0.25, 0.3) is 0 Å². The lowest BCUT2D eigenvalue weighted by Gasteiger charge is -2.44. The average molecular weight is 447 g/mol. The van der Waals surface area contributed by atoms with E-state index in [0.717, 1.165) is 30.4 Å². The molecule has 1 aliphatic heterocycles. The third-order valence-corrected chi connectivity index (χ3v) is 7.83. The van der Waals surface area contributed by atoms with E-state index in [1.165, 1.54) is 16.7 Å². The highest BCUT2D eigenvalue weighted by Gasteiger charge is 2.45. The highest BCUT2D eigenvalue weighted by atomic mass is 16.7. The minimum atomic E-state index is -1.42. The van der Waals surface area contributed by atoms with Gasteiger partial charge in [-0.1, -0.05) is 25.5 Å². The molecule has 178 valence electrons. The summed E-state index contributed by atoms with van der Waals surface area (Å²) in [6.45, 7) is 12.3. The number of hydrogen-bond acceptors (Lipinski definition) is 6. The number of phenolic OH excluding ortho intramolecular Hbond substituents is 1. The summed E-state index contributed by atoms with van der Waals surface area (Å²) in [4.78, 5) is 0. The van der Waals surface area contributed by atoms with Crippen LogP contribution < -0.4 is 4.74 Å². The van der Waals surface area contributed by atoms with Crippen LogP contribution in [-0.4, -0.2) is 51.1 Å².